The first-order chi connectivity index (χ1) is 19.5. The smallest absolute Gasteiger partial charge is 0.422 e. The summed E-state index contributed by atoms with van der Waals surface area (Å²) in [5, 5.41) is 12.9. The minimum Gasteiger partial charge on any atom is -0.444 e. The van der Waals surface area contributed by atoms with E-state index >= 15 is 0 Å². The number of amides is 1. The molecule has 0 saturated carbocycles. The van der Waals surface area contributed by atoms with Gasteiger partial charge >= 0.3 is 12.3 Å². The first-order valence-corrected chi connectivity index (χ1v) is 14.4. The molecular formula is C29H33F3N4O5S. The van der Waals surface area contributed by atoms with Crippen LogP contribution < -0.4 is 10.2 Å². The monoisotopic (exact) mass is 606 g/mol. The number of halogens is 3. The van der Waals surface area contributed by atoms with Gasteiger partial charge in [-0.1, -0.05) is 24.0 Å². The summed E-state index contributed by atoms with van der Waals surface area (Å²) in [7, 11) is -3.98. The Hall–Kier alpha value is -3.78. The lowest BCUT2D eigenvalue weighted by Crippen LogP contribution is -2.54. The van der Waals surface area contributed by atoms with E-state index in [0.29, 0.717) is 5.69 Å². The molecule has 0 radical (unpaired) electrons. The van der Waals surface area contributed by atoms with Crippen molar-refractivity contribution in [1.29, 1.82) is 0 Å². The molecule has 42 heavy (non-hydrogen) atoms. The number of carbonyl (C=O) groups excluding carboxylic acids is 1. The Kier molecular flexibility index (Phi) is 9.83. The number of benzene rings is 1. The number of hydrogen-bond donors (Lipinski definition) is 2. The molecule has 2 N–H and O–H groups in total. The zero-order chi connectivity index (χ0) is 31.3. The van der Waals surface area contributed by atoms with Crippen molar-refractivity contribution >= 4 is 27.6 Å². The molecule has 2 aromatic rings. The van der Waals surface area contributed by atoms with Gasteiger partial charge in [0, 0.05) is 31.5 Å². The molecule has 1 unspecified atom stereocenters. The summed E-state index contributed by atoms with van der Waals surface area (Å²) in [6.07, 6.45) is -5.33. The van der Waals surface area contributed by atoms with Gasteiger partial charge in [-0.15, -0.1) is 11.8 Å². The molecule has 226 valence electrons. The predicted molar refractivity (Wildman–Crippen MR) is 152 cm³/mol. The number of anilines is 2. The third-order valence-corrected chi connectivity index (χ3v) is 8.17. The molecule has 3 rings (SSSR count). The van der Waals surface area contributed by atoms with Crippen LogP contribution >= 0.6 is 0 Å². The summed E-state index contributed by atoms with van der Waals surface area (Å²) < 4.78 is 74.4. The highest BCUT2D eigenvalue weighted by Crippen LogP contribution is 2.42. The van der Waals surface area contributed by atoms with E-state index in [4.69, 9.17) is 4.74 Å². The van der Waals surface area contributed by atoms with Crippen molar-refractivity contribution in [3.05, 3.63) is 48.2 Å². The second kappa shape index (κ2) is 12.6. The number of rotatable bonds is 6. The van der Waals surface area contributed by atoms with Crippen LogP contribution in [0.1, 0.15) is 46.6 Å². The molecule has 1 aliphatic rings. The predicted octanol–water partition coefficient (Wildman–Crippen LogP) is 4.49. The van der Waals surface area contributed by atoms with Crippen molar-refractivity contribution in [2.75, 3.05) is 29.9 Å². The van der Waals surface area contributed by atoms with Gasteiger partial charge in [-0.05, 0) is 64.4 Å². The van der Waals surface area contributed by atoms with E-state index in [1.165, 1.54) is 47.6 Å². The molecule has 1 saturated heterocycles. The van der Waals surface area contributed by atoms with Crippen LogP contribution in [-0.4, -0.2) is 66.4 Å². The molecule has 0 bridgehead atoms. The van der Waals surface area contributed by atoms with Crippen LogP contribution in [0.4, 0.5) is 29.5 Å². The van der Waals surface area contributed by atoms with Gasteiger partial charge in [0.05, 0.1) is 6.42 Å². The van der Waals surface area contributed by atoms with Crippen LogP contribution in [0.3, 0.4) is 0 Å². The quantitative estimate of drug-likeness (QED) is 0.466. The summed E-state index contributed by atoms with van der Waals surface area (Å²) >= 11 is 0. The van der Waals surface area contributed by atoms with Gasteiger partial charge in [0.1, 0.15) is 22.4 Å². The highest BCUT2D eigenvalue weighted by atomic mass is 32.2. The normalized spacial score (nSPS) is 17.6. The van der Waals surface area contributed by atoms with Crippen molar-refractivity contribution in [1.82, 2.24) is 9.29 Å². The third kappa shape index (κ3) is 7.53. The maximum atomic E-state index is 13.7. The molecule has 0 aliphatic carbocycles. The van der Waals surface area contributed by atoms with Gasteiger partial charge in [-0.2, -0.15) is 17.5 Å². The number of alkyl halides is 3. The third-order valence-electron chi connectivity index (χ3n) is 6.32. The van der Waals surface area contributed by atoms with Crippen molar-refractivity contribution < 1.29 is 36.2 Å². The summed E-state index contributed by atoms with van der Waals surface area (Å²) in [5.41, 5.74) is -3.67. The lowest BCUT2D eigenvalue weighted by molar-refractivity contribution is -0.264. The fourth-order valence-corrected chi connectivity index (χ4v) is 5.63. The lowest BCUT2D eigenvalue weighted by atomic mass is 9.89. The number of sulfonamides is 1. The van der Waals surface area contributed by atoms with Crippen molar-refractivity contribution in [2.45, 2.75) is 69.4 Å². The summed E-state index contributed by atoms with van der Waals surface area (Å²) in [4.78, 5) is 17.7. The fourth-order valence-electron chi connectivity index (χ4n) is 4.25. The zero-order valence-electron chi connectivity index (χ0n) is 23.9. The van der Waals surface area contributed by atoms with Gasteiger partial charge in [0.15, 0.2) is 5.60 Å². The number of nitrogens with one attached hydrogen (secondary N) is 1. The number of carbonyl (C=O) groups is 1. The van der Waals surface area contributed by atoms with Gasteiger partial charge in [0.25, 0.3) is 0 Å². The van der Waals surface area contributed by atoms with E-state index in [1.54, 1.807) is 32.6 Å². The van der Waals surface area contributed by atoms with Crippen molar-refractivity contribution in [3.8, 4) is 23.7 Å². The highest BCUT2D eigenvalue weighted by molar-refractivity contribution is 7.89. The van der Waals surface area contributed by atoms with Crippen LogP contribution in [0.15, 0.2) is 47.5 Å². The Balaban J connectivity index is 1.78. The average molecular weight is 607 g/mol. The number of pyridine rings is 1. The minimum atomic E-state index is -4.94. The van der Waals surface area contributed by atoms with E-state index < -0.39 is 46.0 Å². The Morgan fingerprint density at radius 2 is 1.76 bits per heavy atom. The molecule has 13 heteroatoms. The SMILES string of the molecule is CC#CCC(O)(c1ccc(N2CCN(S(=O)(=O)c3ccc(NC(=O)OC(C)(C)C)nc3)C[C@@H]2C#CC)cc1)C(F)(F)F. The number of aliphatic hydroxyl groups is 1. The lowest BCUT2D eigenvalue weighted by Gasteiger charge is -2.40. The fraction of sp³-hybridized carbons (Fsp3) is 0.448. The highest BCUT2D eigenvalue weighted by Gasteiger charge is 2.54. The van der Waals surface area contributed by atoms with Crippen LogP contribution in [0.2, 0.25) is 0 Å². The Labute approximate surface area is 244 Å². The maximum Gasteiger partial charge on any atom is 0.422 e. The molecule has 1 aliphatic heterocycles. The van der Waals surface area contributed by atoms with E-state index in [9.17, 15) is 31.5 Å². The second-order valence-electron chi connectivity index (χ2n) is 10.5. The van der Waals surface area contributed by atoms with E-state index in [-0.39, 0.29) is 35.9 Å². The topological polar surface area (TPSA) is 112 Å². The van der Waals surface area contributed by atoms with Crippen LogP contribution in [0.25, 0.3) is 0 Å². The van der Waals surface area contributed by atoms with Gasteiger partial charge < -0.3 is 14.7 Å². The summed E-state index contributed by atoms with van der Waals surface area (Å²) in [6, 6.07) is 7.35. The Morgan fingerprint density at radius 3 is 2.29 bits per heavy atom. The number of aromatic nitrogens is 1. The molecule has 2 atom stereocenters. The standard InChI is InChI=1S/C29H33F3N4O5S/c1-6-8-16-28(38,29(30,31)32)21-10-12-22(13-11-21)36-18-17-35(20-23(36)9-7-2)42(39,40)24-14-15-25(33-19-24)34-26(37)41-27(3,4)5/h10-15,19,23,38H,16-18,20H2,1-5H3,(H,33,34,37)/t23-,28?/m0/s1. The summed E-state index contributed by atoms with van der Waals surface area (Å²) in [5.74, 6) is 10.6. The molecule has 0 spiro atoms. The Morgan fingerprint density at radius 1 is 1.10 bits per heavy atom. The zero-order valence-corrected chi connectivity index (χ0v) is 24.7. The molecule has 1 aromatic carbocycles. The summed E-state index contributed by atoms with van der Waals surface area (Å²) in [6.45, 7) is 8.38. The molecule has 1 amide bonds. The molecule has 2 heterocycles. The maximum absolute atomic E-state index is 13.7. The van der Waals surface area contributed by atoms with Crippen LogP contribution in [-0.2, 0) is 20.4 Å². The largest absolute Gasteiger partial charge is 0.444 e. The minimum absolute atomic E-state index is 0.0125. The van der Waals surface area contributed by atoms with E-state index in [2.05, 4.69) is 34.0 Å². The van der Waals surface area contributed by atoms with E-state index in [0.717, 1.165) is 6.20 Å². The number of hydrogen-bond acceptors (Lipinski definition) is 7. The van der Waals surface area contributed by atoms with Crippen LogP contribution in [0, 0.1) is 23.7 Å². The first kappa shape index (κ1) is 32.7. The first-order valence-electron chi connectivity index (χ1n) is 13.0. The molecule has 9 nitrogen and oxygen atoms in total. The van der Waals surface area contributed by atoms with Crippen molar-refractivity contribution in [2.24, 2.45) is 0 Å². The van der Waals surface area contributed by atoms with Crippen molar-refractivity contribution in [3.63, 3.8) is 0 Å². The molecular weight excluding hydrogens is 573 g/mol. The number of piperazine rings is 1. The van der Waals surface area contributed by atoms with Gasteiger partial charge in [0.2, 0.25) is 10.0 Å². The second-order valence-corrected chi connectivity index (χ2v) is 12.4. The van der Waals surface area contributed by atoms with Gasteiger partial charge in [-0.3, -0.25) is 5.32 Å². The molecule has 1 fully saturated rings. The molecule has 1 aromatic heterocycles. The number of nitrogens with zero attached hydrogens (tertiary/aromatic N) is 3. The number of ether oxygens (including phenoxy) is 1. The average Bonchev–Trinajstić information content (AvgIpc) is 2.90. The van der Waals surface area contributed by atoms with E-state index in [1.807, 2.05) is 0 Å². The Bertz CT molecular complexity index is 1500. The van der Waals surface area contributed by atoms with Crippen LogP contribution in [0.5, 0.6) is 0 Å². The van der Waals surface area contributed by atoms with Gasteiger partial charge in [-0.25, -0.2) is 18.2 Å².